The second-order valence-electron chi connectivity index (χ2n) is 8.07. The molecule has 0 aromatic heterocycles. The molecule has 1 aromatic rings. The van der Waals surface area contributed by atoms with Gasteiger partial charge in [0, 0.05) is 0 Å². The Kier molecular flexibility index (Phi) is 8.73. The highest BCUT2D eigenvalue weighted by atomic mass is 16.3. The summed E-state index contributed by atoms with van der Waals surface area (Å²) >= 11 is 0. The maximum Gasteiger partial charge on any atom is 0.119 e. The van der Waals surface area contributed by atoms with E-state index in [0.29, 0.717) is 11.7 Å². The van der Waals surface area contributed by atoms with E-state index in [1.165, 1.54) is 63.4 Å². The van der Waals surface area contributed by atoms with Gasteiger partial charge in [-0.1, -0.05) is 91.7 Å². The van der Waals surface area contributed by atoms with Crippen molar-refractivity contribution in [3.63, 3.8) is 0 Å². The molecular formula is C22H38O. The third-order valence-corrected chi connectivity index (χ3v) is 4.84. The highest BCUT2D eigenvalue weighted by Gasteiger charge is 2.20. The van der Waals surface area contributed by atoms with Crippen LogP contribution >= 0.6 is 0 Å². The Morgan fingerprint density at radius 1 is 0.870 bits per heavy atom. The Morgan fingerprint density at radius 3 is 2.13 bits per heavy atom. The molecule has 1 unspecified atom stereocenters. The van der Waals surface area contributed by atoms with Crippen molar-refractivity contribution in [2.24, 2.45) is 0 Å². The summed E-state index contributed by atoms with van der Waals surface area (Å²) in [6.07, 6.45) is 11.9. The minimum Gasteiger partial charge on any atom is -0.508 e. The molecule has 0 amide bonds. The first-order chi connectivity index (χ1) is 10.9. The number of phenols is 1. The minimum atomic E-state index is -0.00297. The van der Waals surface area contributed by atoms with Crippen LogP contribution in [-0.2, 0) is 5.41 Å². The lowest BCUT2D eigenvalue weighted by Gasteiger charge is -2.24. The van der Waals surface area contributed by atoms with E-state index in [1.54, 1.807) is 0 Å². The smallest absolute Gasteiger partial charge is 0.119 e. The summed E-state index contributed by atoms with van der Waals surface area (Å²) in [7, 11) is 0. The summed E-state index contributed by atoms with van der Waals surface area (Å²) in [6.45, 7) is 11.1. The molecule has 23 heavy (non-hydrogen) atoms. The van der Waals surface area contributed by atoms with E-state index in [1.807, 2.05) is 6.07 Å². The standard InChI is InChI=1S/C22H38O/c1-6-8-9-10-11-12-14-18(13-7-2)19-15-16-21(23)20(17-19)22(3,4)5/h15-18,23H,6-14H2,1-5H3. The van der Waals surface area contributed by atoms with Gasteiger partial charge in [0.15, 0.2) is 0 Å². The molecule has 0 bridgehead atoms. The number of hydrogen-bond acceptors (Lipinski definition) is 1. The number of benzene rings is 1. The molecule has 0 radical (unpaired) electrons. The Hall–Kier alpha value is -0.980. The average molecular weight is 319 g/mol. The molecule has 1 heteroatoms. The Bertz CT molecular complexity index is 442. The van der Waals surface area contributed by atoms with Crippen LogP contribution in [0.15, 0.2) is 18.2 Å². The molecule has 0 saturated heterocycles. The van der Waals surface area contributed by atoms with Crippen LogP contribution in [0.4, 0.5) is 0 Å². The molecule has 0 spiro atoms. The first kappa shape index (κ1) is 20.1. The molecule has 0 aliphatic rings. The van der Waals surface area contributed by atoms with E-state index < -0.39 is 0 Å². The number of phenolic OH excluding ortho intramolecular Hbond substituents is 1. The van der Waals surface area contributed by atoms with Crippen LogP contribution in [0.25, 0.3) is 0 Å². The first-order valence-corrected chi connectivity index (χ1v) is 9.73. The van der Waals surface area contributed by atoms with Crippen LogP contribution < -0.4 is 0 Å². The van der Waals surface area contributed by atoms with Gasteiger partial charge in [-0.15, -0.1) is 0 Å². The topological polar surface area (TPSA) is 20.2 Å². The van der Waals surface area contributed by atoms with Gasteiger partial charge in [0.25, 0.3) is 0 Å². The lowest BCUT2D eigenvalue weighted by Crippen LogP contribution is -2.12. The summed E-state index contributed by atoms with van der Waals surface area (Å²) in [4.78, 5) is 0. The van der Waals surface area contributed by atoms with Crippen molar-refractivity contribution in [2.45, 2.75) is 104 Å². The van der Waals surface area contributed by atoms with Gasteiger partial charge < -0.3 is 5.11 Å². The summed E-state index contributed by atoms with van der Waals surface area (Å²) in [6, 6.07) is 6.30. The predicted molar refractivity (Wildman–Crippen MR) is 102 cm³/mol. The van der Waals surface area contributed by atoms with Gasteiger partial charge in [0.2, 0.25) is 0 Å². The summed E-state index contributed by atoms with van der Waals surface area (Å²) in [5, 5.41) is 10.2. The van der Waals surface area contributed by atoms with Gasteiger partial charge in [-0.3, -0.25) is 0 Å². The molecule has 0 fully saturated rings. The van der Waals surface area contributed by atoms with Gasteiger partial charge in [-0.25, -0.2) is 0 Å². The van der Waals surface area contributed by atoms with E-state index in [-0.39, 0.29) is 5.41 Å². The van der Waals surface area contributed by atoms with Crippen molar-refractivity contribution in [3.05, 3.63) is 29.3 Å². The summed E-state index contributed by atoms with van der Waals surface area (Å²) in [5.41, 5.74) is 2.50. The molecule has 1 rings (SSSR count). The lowest BCUT2D eigenvalue weighted by molar-refractivity contribution is 0.444. The van der Waals surface area contributed by atoms with E-state index in [9.17, 15) is 5.11 Å². The maximum absolute atomic E-state index is 10.2. The molecule has 132 valence electrons. The van der Waals surface area contributed by atoms with Gasteiger partial charge in [-0.2, -0.15) is 0 Å². The van der Waals surface area contributed by atoms with Gasteiger partial charge in [-0.05, 0) is 41.4 Å². The van der Waals surface area contributed by atoms with Crippen molar-refractivity contribution < 1.29 is 5.11 Å². The molecular weight excluding hydrogens is 280 g/mol. The number of unbranched alkanes of at least 4 members (excludes halogenated alkanes) is 5. The van der Waals surface area contributed by atoms with Gasteiger partial charge >= 0.3 is 0 Å². The van der Waals surface area contributed by atoms with Crippen molar-refractivity contribution >= 4 is 0 Å². The number of aromatic hydroxyl groups is 1. The Labute approximate surface area is 144 Å². The Morgan fingerprint density at radius 2 is 1.52 bits per heavy atom. The molecule has 1 nitrogen and oxygen atoms in total. The quantitative estimate of drug-likeness (QED) is 0.448. The molecule has 1 atom stereocenters. The van der Waals surface area contributed by atoms with Crippen LogP contribution in [0.5, 0.6) is 5.75 Å². The van der Waals surface area contributed by atoms with Crippen LogP contribution in [0.1, 0.15) is 109 Å². The zero-order valence-corrected chi connectivity index (χ0v) is 16.1. The van der Waals surface area contributed by atoms with Crippen molar-refractivity contribution in [1.29, 1.82) is 0 Å². The fourth-order valence-electron chi connectivity index (χ4n) is 3.41. The van der Waals surface area contributed by atoms with Gasteiger partial charge in [0.1, 0.15) is 5.75 Å². The zero-order chi connectivity index (χ0) is 17.3. The fraction of sp³-hybridized carbons (Fsp3) is 0.727. The highest BCUT2D eigenvalue weighted by Crippen LogP contribution is 2.35. The molecule has 0 aliphatic heterocycles. The van der Waals surface area contributed by atoms with E-state index in [0.717, 1.165) is 5.56 Å². The maximum atomic E-state index is 10.2. The molecule has 0 aliphatic carbocycles. The van der Waals surface area contributed by atoms with Crippen LogP contribution in [0.2, 0.25) is 0 Å². The summed E-state index contributed by atoms with van der Waals surface area (Å²) in [5.74, 6) is 1.09. The van der Waals surface area contributed by atoms with Crippen molar-refractivity contribution in [2.75, 3.05) is 0 Å². The first-order valence-electron chi connectivity index (χ1n) is 9.73. The SMILES string of the molecule is CCCCCCCCC(CCC)c1ccc(O)c(C(C)(C)C)c1. The fourth-order valence-corrected chi connectivity index (χ4v) is 3.41. The molecule has 1 N–H and O–H groups in total. The van der Waals surface area contributed by atoms with Crippen LogP contribution in [-0.4, -0.2) is 5.11 Å². The molecule has 0 heterocycles. The van der Waals surface area contributed by atoms with Crippen LogP contribution in [0.3, 0.4) is 0 Å². The van der Waals surface area contributed by atoms with Gasteiger partial charge in [0.05, 0.1) is 0 Å². The lowest BCUT2D eigenvalue weighted by atomic mass is 9.82. The second kappa shape index (κ2) is 10.0. The number of rotatable bonds is 10. The zero-order valence-electron chi connectivity index (χ0n) is 16.1. The van der Waals surface area contributed by atoms with Crippen molar-refractivity contribution in [1.82, 2.24) is 0 Å². The predicted octanol–water partition coefficient (Wildman–Crippen LogP) is 7.32. The normalized spacial score (nSPS) is 13.3. The van der Waals surface area contributed by atoms with Crippen molar-refractivity contribution in [3.8, 4) is 5.75 Å². The number of hydrogen-bond donors (Lipinski definition) is 1. The monoisotopic (exact) mass is 318 g/mol. The van der Waals surface area contributed by atoms with E-state index >= 15 is 0 Å². The highest BCUT2D eigenvalue weighted by molar-refractivity contribution is 5.41. The third kappa shape index (κ3) is 6.97. The summed E-state index contributed by atoms with van der Waals surface area (Å²) < 4.78 is 0. The van der Waals surface area contributed by atoms with Crippen LogP contribution in [0, 0.1) is 0 Å². The molecule has 1 aromatic carbocycles. The molecule has 0 saturated carbocycles. The third-order valence-electron chi connectivity index (χ3n) is 4.84. The van der Waals surface area contributed by atoms with E-state index in [2.05, 4.69) is 46.8 Å². The Balaban J connectivity index is 2.70. The average Bonchev–Trinajstić information content (AvgIpc) is 2.49. The van der Waals surface area contributed by atoms with E-state index in [4.69, 9.17) is 0 Å². The minimum absolute atomic E-state index is 0.00297. The second-order valence-corrected chi connectivity index (χ2v) is 8.07. The largest absolute Gasteiger partial charge is 0.508 e.